The van der Waals surface area contributed by atoms with Crippen molar-refractivity contribution >= 4 is 11.6 Å². The van der Waals surface area contributed by atoms with E-state index in [1.54, 1.807) is 0 Å². The summed E-state index contributed by atoms with van der Waals surface area (Å²) < 4.78 is 35.4. The maximum atomic E-state index is 11.8. The van der Waals surface area contributed by atoms with E-state index in [1.807, 2.05) is 13.8 Å². The second-order valence-electron chi connectivity index (χ2n) is 3.81. The summed E-state index contributed by atoms with van der Waals surface area (Å²) in [5.74, 6) is -1.05. The molecule has 0 aromatic heterocycles. The van der Waals surface area contributed by atoms with Crippen molar-refractivity contribution in [2.45, 2.75) is 52.1 Å². The molecule has 0 atom stereocenters. The number of ketones is 2. The molecule has 0 N–H and O–H groups in total. The number of alkyl halides is 3. The molecule has 0 aliphatic rings. The quantitative estimate of drug-likeness (QED) is 0.638. The van der Waals surface area contributed by atoms with E-state index < -0.39 is 24.8 Å². The van der Waals surface area contributed by atoms with E-state index in [0.717, 1.165) is 0 Å². The number of carbonyl (C=O) groups excluding carboxylic acids is 2. The van der Waals surface area contributed by atoms with Gasteiger partial charge in [-0.15, -0.1) is 0 Å². The van der Waals surface area contributed by atoms with Crippen LogP contribution in [0.5, 0.6) is 0 Å². The van der Waals surface area contributed by atoms with Gasteiger partial charge in [0.15, 0.2) is 0 Å². The zero-order valence-electron chi connectivity index (χ0n) is 9.56. The Kier molecular flexibility index (Phi) is 6.29. The first-order chi connectivity index (χ1) is 7.30. The zero-order chi connectivity index (χ0) is 12.8. The first-order valence-electron chi connectivity index (χ1n) is 5.41. The van der Waals surface area contributed by atoms with E-state index in [0.29, 0.717) is 12.8 Å². The lowest BCUT2D eigenvalue weighted by Crippen LogP contribution is -2.18. The highest BCUT2D eigenvalue weighted by molar-refractivity contribution is 6.00. The smallest absolute Gasteiger partial charge is 0.299 e. The molecule has 5 heteroatoms. The minimum atomic E-state index is -4.33. The SMILES string of the molecule is CCC(CC)C(=O)CC(=O)CCC(F)(F)F. The van der Waals surface area contributed by atoms with E-state index in [-0.39, 0.29) is 18.1 Å². The lowest BCUT2D eigenvalue weighted by molar-refractivity contribution is -0.144. The number of hydrogen-bond acceptors (Lipinski definition) is 2. The molecule has 0 unspecified atom stereocenters. The van der Waals surface area contributed by atoms with E-state index >= 15 is 0 Å². The lowest BCUT2D eigenvalue weighted by Gasteiger charge is -2.10. The number of Topliss-reactive ketones (excluding diaryl/α,β-unsaturated/α-hetero) is 2. The van der Waals surface area contributed by atoms with Gasteiger partial charge in [0, 0.05) is 12.3 Å². The van der Waals surface area contributed by atoms with Crippen LogP contribution in [0.15, 0.2) is 0 Å². The summed E-state index contributed by atoms with van der Waals surface area (Å²) in [6.45, 7) is 3.65. The van der Waals surface area contributed by atoms with Gasteiger partial charge in [-0.3, -0.25) is 9.59 Å². The van der Waals surface area contributed by atoms with E-state index in [9.17, 15) is 22.8 Å². The Morgan fingerprint density at radius 1 is 1.12 bits per heavy atom. The minimum Gasteiger partial charge on any atom is -0.299 e. The Balaban J connectivity index is 4.01. The maximum absolute atomic E-state index is 11.8. The molecule has 0 saturated carbocycles. The van der Waals surface area contributed by atoms with Gasteiger partial charge in [0.05, 0.1) is 12.8 Å². The van der Waals surface area contributed by atoms with Crippen LogP contribution in [0.3, 0.4) is 0 Å². The first kappa shape index (κ1) is 15.1. The van der Waals surface area contributed by atoms with Crippen molar-refractivity contribution < 1.29 is 22.8 Å². The second-order valence-corrected chi connectivity index (χ2v) is 3.81. The monoisotopic (exact) mass is 238 g/mol. The number of carbonyl (C=O) groups is 2. The third-order valence-corrected chi connectivity index (χ3v) is 2.50. The summed E-state index contributed by atoms with van der Waals surface area (Å²) in [5.41, 5.74) is 0. The number of rotatable bonds is 7. The highest BCUT2D eigenvalue weighted by Crippen LogP contribution is 2.22. The summed E-state index contributed by atoms with van der Waals surface area (Å²) in [7, 11) is 0. The molecule has 0 fully saturated rings. The molecule has 0 aromatic carbocycles. The molecule has 0 heterocycles. The molecule has 0 rings (SSSR count). The van der Waals surface area contributed by atoms with Crippen molar-refractivity contribution in [2.75, 3.05) is 0 Å². The predicted molar refractivity (Wildman–Crippen MR) is 54.0 cm³/mol. The van der Waals surface area contributed by atoms with Crippen LogP contribution < -0.4 is 0 Å². The van der Waals surface area contributed by atoms with Crippen LogP contribution >= 0.6 is 0 Å². The molecule has 94 valence electrons. The second kappa shape index (κ2) is 6.66. The van der Waals surface area contributed by atoms with Crippen LogP contribution in [-0.4, -0.2) is 17.7 Å². The molecule has 0 aliphatic carbocycles. The fourth-order valence-corrected chi connectivity index (χ4v) is 1.45. The van der Waals surface area contributed by atoms with Crippen molar-refractivity contribution in [3.05, 3.63) is 0 Å². The van der Waals surface area contributed by atoms with Gasteiger partial charge in [-0.25, -0.2) is 0 Å². The molecule has 0 bridgehead atoms. The molecule has 0 spiro atoms. The van der Waals surface area contributed by atoms with Crippen LogP contribution in [0.1, 0.15) is 46.0 Å². The Labute approximate surface area is 93.2 Å². The lowest BCUT2D eigenvalue weighted by atomic mass is 9.94. The fourth-order valence-electron chi connectivity index (χ4n) is 1.45. The molecule has 0 aliphatic heterocycles. The topological polar surface area (TPSA) is 34.1 Å². The molecule has 0 amide bonds. The van der Waals surface area contributed by atoms with Crippen molar-refractivity contribution in [1.29, 1.82) is 0 Å². The van der Waals surface area contributed by atoms with Crippen molar-refractivity contribution in [1.82, 2.24) is 0 Å². The summed E-state index contributed by atoms with van der Waals surface area (Å²) in [5, 5.41) is 0. The minimum absolute atomic E-state index is 0.199. The molecule has 0 saturated heterocycles. The van der Waals surface area contributed by atoms with Crippen LogP contribution in [0.25, 0.3) is 0 Å². The van der Waals surface area contributed by atoms with E-state index in [4.69, 9.17) is 0 Å². The summed E-state index contributed by atoms with van der Waals surface area (Å²) >= 11 is 0. The van der Waals surface area contributed by atoms with E-state index in [2.05, 4.69) is 0 Å². The van der Waals surface area contributed by atoms with Gasteiger partial charge in [0.2, 0.25) is 0 Å². The third-order valence-electron chi connectivity index (χ3n) is 2.50. The van der Waals surface area contributed by atoms with Gasteiger partial charge in [-0.1, -0.05) is 13.8 Å². The molecular formula is C11H17F3O2. The molecule has 0 aromatic rings. The number of halogens is 3. The molecular weight excluding hydrogens is 221 g/mol. The largest absolute Gasteiger partial charge is 0.389 e. The maximum Gasteiger partial charge on any atom is 0.389 e. The molecule has 2 nitrogen and oxygen atoms in total. The van der Waals surface area contributed by atoms with Crippen molar-refractivity contribution in [3.8, 4) is 0 Å². The van der Waals surface area contributed by atoms with Crippen LogP contribution in [0, 0.1) is 5.92 Å². The fraction of sp³-hybridized carbons (Fsp3) is 0.818. The van der Waals surface area contributed by atoms with Gasteiger partial charge >= 0.3 is 6.18 Å². The Hall–Kier alpha value is -0.870. The van der Waals surface area contributed by atoms with Gasteiger partial charge in [0.25, 0.3) is 0 Å². The highest BCUT2D eigenvalue weighted by Gasteiger charge is 2.28. The average Bonchev–Trinajstić information content (AvgIpc) is 2.15. The van der Waals surface area contributed by atoms with Crippen molar-refractivity contribution in [2.24, 2.45) is 5.92 Å². The molecule has 16 heavy (non-hydrogen) atoms. The van der Waals surface area contributed by atoms with Crippen LogP contribution in [0.4, 0.5) is 13.2 Å². The van der Waals surface area contributed by atoms with Gasteiger partial charge < -0.3 is 0 Å². The van der Waals surface area contributed by atoms with Gasteiger partial charge in [-0.05, 0) is 12.8 Å². The predicted octanol–water partition coefficient (Wildman–Crippen LogP) is 3.29. The van der Waals surface area contributed by atoms with Crippen LogP contribution in [-0.2, 0) is 9.59 Å². The zero-order valence-corrected chi connectivity index (χ0v) is 9.56. The van der Waals surface area contributed by atoms with Crippen LogP contribution in [0.2, 0.25) is 0 Å². The molecule has 0 radical (unpaired) electrons. The third kappa shape index (κ3) is 6.58. The number of hydrogen-bond donors (Lipinski definition) is 0. The highest BCUT2D eigenvalue weighted by atomic mass is 19.4. The summed E-state index contributed by atoms with van der Waals surface area (Å²) in [6, 6.07) is 0. The van der Waals surface area contributed by atoms with Gasteiger partial charge in [0.1, 0.15) is 11.6 Å². The normalized spacial score (nSPS) is 11.9. The van der Waals surface area contributed by atoms with E-state index in [1.165, 1.54) is 0 Å². The Bertz CT molecular complexity index is 242. The standard InChI is InChI=1S/C11H17F3O2/c1-3-8(4-2)10(16)7-9(15)5-6-11(12,13)14/h8H,3-7H2,1-2H3. The van der Waals surface area contributed by atoms with Crippen molar-refractivity contribution in [3.63, 3.8) is 0 Å². The Morgan fingerprint density at radius 3 is 2.00 bits per heavy atom. The van der Waals surface area contributed by atoms with Gasteiger partial charge in [-0.2, -0.15) is 13.2 Å². The Morgan fingerprint density at radius 2 is 1.62 bits per heavy atom. The average molecular weight is 238 g/mol. The summed E-state index contributed by atoms with van der Waals surface area (Å²) in [6.07, 6.45) is -5.16. The first-order valence-corrected chi connectivity index (χ1v) is 5.41. The summed E-state index contributed by atoms with van der Waals surface area (Å²) in [4.78, 5) is 22.6.